The summed E-state index contributed by atoms with van der Waals surface area (Å²) in [6.07, 6.45) is 2.44. The fourth-order valence-corrected chi connectivity index (χ4v) is 2.42. The minimum atomic E-state index is -0.632. The summed E-state index contributed by atoms with van der Waals surface area (Å²) in [5, 5.41) is 23.2. The average molecular weight is 256 g/mol. The van der Waals surface area contributed by atoms with Gasteiger partial charge in [0.25, 0.3) is 0 Å². The summed E-state index contributed by atoms with van der Waals surface area (Å²) in [5.74, 6) is 0. The van der Waals surface area contributed by atoms with Gasteiger partial charge in [0, 0.05) is 22.7 Å². The monoisotopic (exact) mass is 255 g/mol. The van der Waals surface area contributed by atoms with Crippen LogP contribution in [0.3, 0.4) is 0 Å². The van der Waals surface area contributed by atoms with E-state index in [0.29, 0.717) is 11.6 Å². The van der Waals surface area contributed by atoms with E-state index in [0.717, 1.165) is 24.8 Å². The Morgan fingerprint density at radius 2 is 2.06 bits per heavy atom. The lowest BCUT2D eigenvalue weighted by Crippen LogP contribution is -2.54. The molecule has 0 radical (unpaired) electrons. The minimum Gasteiger partial charge on any atom is -0.394 e. The fourth-order valence-electron chi connectivity index (χ4n) is 2.16. The quantitative estimate of drug-likeness (QED) is 0.753. The average Bonchev–Trinajstić information content (AvgIpc) is 2.28. The van der Waals surface area contributed by atoms with Gasteiger partial charge in [-0.15, -0.1) is 0 Å². The van der Waals surface area contributed by atoms with Crippen LogP contribution in [0.4, 0.5) is 0 Å². The summed E-state index contributed by atoms with van der Waals surface area (Å²) < 4.78 is 0. The molecule has 1 aliphatic carbocycles. The topological polar surface area (TPSA) is 52.5 Å². The third-order valence-electron chi connectivity index (χ3n) is 3.55. The van der Waals surface area contributed by atoms with Crippen LogP contribution in [0, 0.1) is 0 Å². The lowest BCUT2D eigenvalue weighted by molar-refractivity contribution is 0.0687. The molecule has 0 amide bonds. The molecular formula is C13H18ClNO2. The molecule has 3 nitrogen and oxygen atoms in total. The number of nitrogens with one attached hydrogen (secondary N) is 1. The minimum absolute atomic E-state index is 0.127. The Morgan fingerprint density at radius 1 is 1.35 bits per heavy atom. The number of hydrogen-bond donors (Lipinski definition) is 3. The lowest BCUT2D eigenvalue weighted by atomic mass is 9.77. The molecule has 1 aliphatic rings. The van der Waals surface area contributed by atoms with Crippen LogP contribution in [0.15, 0.2) is 24.3 Å². The maximum atomic E-state index is 10.1. The molecule has 0 bridgehead atoms. The van der Waals surface area contributed by atoms with E-state index in [1.807, 2.05) is 18.2 Å². The molecule has 1 saturated carbocycles. The molecule has 0 saturated heterocycles. The van der Waals surface area contributed by atoms with E-state index in [9.17, 15) is 10.2 Å². The smallest absolute Gasteiger partial charge is 0.0928 e. The zero-order chi connectivity index (χ0) is 12.3. The van der Waals surface area contributed by atoms with E-state index in [1.54, 1.807) is 6.07 Å². The van der Waals surface area contributed by atoms with Gasteiger partial charge in [-0.1, -0.05) is 29.8 Å². The zero-order valence-electron chi connectivity index (χ0n) is 9.69. The van der Waals surface area contributed by atoms with Crippen molar-refractivity contribution in [3.63, 3.8) is 0 Å². The van der Waals surface area contributed by atoms with Gasteiger partial charge in [0.2, 0.25) is 0 Å². The predicted molar refractivity (Wildman–Crippen MR) is 68.1 cm³/mol. The highest BCUT2D eigenvalue weighted by molar-refractivity contribution is 6.31. The van der Waals surface area contributed by atoms with Gasteiger partial charge < -0.3 is 15.5 Å². The zero-order valence-corrected chi connectivity index (χ0v) is 10.5. The van der Waals surface area contributed by atoms with Crippen molar-refractivity contribution in [2.45, 2.75) is 30.9 Å². The number of β-amino-alcohol motifs (C(OH)–C–C–N with tert-alkyl or cyclic N) is 1. The number of hydrogen-bond acceptors (Lipinski definition) is 3. The Hall–Kier alpha value is -0.610. The largest absolute Gasteiger partial charge is 0.394 e. The molecule has 1 atom stereocenters. The molecule has 1 aromatic rings. The maximum Gasteiger partial charge on any atom is 0.0928 e. The van der Waals surface area contributed by atoms with Gasteiger partial charge in [-0.05, 0) is 25.3 Å². The molecule has 94 valence electrons. The molecule has 2 rings (SSSR count). The van der Waals surface area contributed by atoms with Crippen LogP contribution in [-0.4, -0.2) is 28.9 Å². The first-order valence-corrected chi connectivity index (χ1v) is 6.33. The second-order valence-electron chi connectivity index (χ2n) is 4.71. The molecule has 3 N–H and O–H groups in total. The summed E-state index contributed by atoms with van der Waals surface area (Å²) in [5.41, 5.74) is 0.552. The molecule has 4 heteroatoms. The lowest BCUT2D eigenvalue weighted by Gasteiger charge is -2.41. The van der Waals surface area contributed by atoms with Gasteiger partial charge >= 0.3 is 0 Å². The molecule has 0 spiro atoms. The summed E-state index contributed by atoms with van der Waals surface area (Å²) in [6.45, 7) is 0.548. The van der Waals surface area contributed by atoms with Crippen LogP contribution < -0.4 is 5.32 Å². The maximum absolute atomic E-state index is 10.1. The molecule has 1 aromatic carbocycles. The Labute approximate surface area is 106 Å². The summed E-state index contributed by atoms with van der Waals surface area (Å²) in [6, 6.07) is 7.29. The Kier molecular flexibility index (Phi) is 4.05. The van der Waals surface area contributed by atoms with E-state index in [2.05, 4.69) is 5.32 Å². The van der Waals surface area contributed by atoms with Crippen molar-refractivity contribution in [1.29, 1.82) is 0 Å². The van der Waals surface area contributed by atoms with Crippen molar-refractivity contribution in [2.24, 2.45) is 0 Å². The first-order valence-electron chi connectivity index (χ1n) is 5.95. The first-order chi connectivity index (χ1) is 8.17. The van der Waals surface area contributed by atoms with Crippen LogP contribution in [-0.2, 0) is 0 Å². The second-order valence-corrected chi connectivity index (χ2v) is 5.12. The number of aliphatic hydroxyl groups is 2. The third-order valence-corrected chi connectivity index (χ3v) is 3.89. The van der Waals surface area contributed by atoms with Crippen molar-refractivity contribution in [3.05, 3.63) is 34.9 Å². The number of aliphatic hydroxyl groups excluding tert-OH is 2. The predicted octanol–water partition coefficient (Wildman–Crippen LogP) is 1.88. The Balaban J connectivity index is 1.93. The van der Waals surface area contributed by atoms with Gasteiger partial charge in [0.15, 0.2) is 0 Å². The van der Waals surface area contributed by atoms with E-state index in [-0.39, 0.29) is 12.1 Å². The van der Waals surface area contributed by atoms with Gasteiger partial charge in [0.05, 0.1) is 12.7 Å². The first kappa shape index (κ1) is 12.8. The van der Waals surface area contributed by atoms with E-state index in [4.69, 9.17) is 11.6 Å². The van der Waals surface area contributed by atoms with Gasteiger partial charge in [-0.2, -0.15) is 0 Å². The van der Waals surface area contributed by atoms with Crippen molar-refractivity contribution in [2.75, 3.05) is 13.2 Å². The molecule has 0 aromatic heterocycles. The van der Waals surface area contributed by atoms with Crippen molar-refractivity contribution in [3.8, 4) is 0 Å². The molecule has 1 fully saturated rings. The standard InChI is InChI=1S/C13H18ClNO2/c14-11-5-2-1-4-10(11)12(17)8-15-13(9-16)6-3-7-13/h1-2,4-5,12,15-17H,3,6-9H2. The van der Waals surface area contributed by atoms with Gasteiger partial charge in [-0.25, -0.2) is 0 Å². The van der Waals surface area contributed by atoms with Crippen molar-refractivity contribution < 1.29 is 10.2 Å². The van der Waals surface area contributed by atoms with Crippen LogP contribution in [0.1, 0.15) is 30.9 Å². The molecule has 17 heavy (non-hydrogen) atoms. The Morgan fingerprint density at radius 3 is 2.59 bits per heavy atom. The van der Waals surface area contributed by atoms with Crippen LogP contribution >= 0.6 is 11.6 Å². The molecule has 0 heterocycles. The number of halogens is 1. The highest BCUT2D eigenvalue weighted by Crippen LogP contribution is 2.32. The number of rotatable bonds is 5. The Bertz CT molecular complexity index is 374. The fraction of sp³-hybridized carbons (Fsp3) is 0.538. The normalized spacial score (nSPS) is 19.7. The van der Waals surface area contributed by atoms with Crippen LogP contribution in [0.2, 0.25) is 5.02 Å². The van der Waals surface area contributed by atoms with Gasteiger partial charge in [-0.3, -0.25) is 0 Å². The number of benzene rings is 1. The van der Waals surface area contributed by atoms with Gasteiger partial charge in [0.1, 0.15) is 0 Å². The van der Waals surface area contributed by atoms with E-state index < -0.39 is 6.10 Å². The summed E-state index contributed by atoms with van der Waals surface area (Å²) >= 11 is 6.01. The van der Waals surface area contributed by atoms with Crippen molar-refractivity contribution in [1.82, 2.24) is 5.32 Å². The molecule has 0 aliphatic heterocycles. The van der Waals surface area contributed by atoms with Crippen molar-refractivity contribution >= 4 is 11.6 Å². The summed E-state index contributed by atoms with van der Waals surface area (Å²) in [4.78, 5) is 0. The van der Waals surface area contributed by atoms with E-state index >= 15 is 0 Å². The molecular weight excluding hydrogens is 238 g/mol. The second kappa shape index (κ2) is 5.36. The third kappa shape index (κ3) is 2.80. The van der Waals surface area contributed by atoms with E-state index in [1.165, 1.54) is 0 Å². The highest BCUT2D eigenvalue weighted by Gasteiger charge is 2.36. The molecule has 1 unspecified atom stereocenters. The van der Waals surface area contributed by atoms with Crippen LogP contribution in [0.25, 0.3) is 0 Å². The summed E-state index contributed by atoms with van der Waals surface area (Å²) in [7, 11) is 0. The highest BCUT2D eigenvalue weighted by atomic mass is 35.5. The van der Waals surface area contributed by atoms with Crippen LogP contribution in [0.5, 0.6) is 0 Å². The SMILES string of the molecule is OCC1(NCC(O)c2ccccc2Cl)CCC1.